The van der Waals surface area contributed by atoms with Gasteiger partial charge in [-0.25, -0.2) is 4.79 Å². The second-order valence-electron chi connectivity index (χ2n) is 6.98. The molecule has 0 radical (unpaired) electrons. The van der Waals surface area contributed by atoms with Crippen LogP contribution >= 0.6 is 38.9 Å². The van der Waals surface area contributed by atoms with Crippen LogP contribution in [0.15, 0.2) is 62.9 Å². The van der Waals surface area contributed by atoms with Crippen LogP contribution in [0, 0.1) is 6.92 Å². The number of amides is 1. The first kappa shape index (κ1) is 23.2. The molecule has 0 bridgehead atoms. The second kappa shape index (κ2) is 9.91. The van der Waals surface area contributed by atoms with Crippen molar-refractivity contribution in [1.82, 2.24) is 5.16 Å². The molecule has 4 rings (SSSR count). The summed E-state index contributed by atoms with van der Waals surface area (Å²) < 4.78 is 11.5. The summed E-state index contributed by atoms with van der Waals surface area (Å²) in [6.07, 6.45) is 0. The second-order valence-corrected chi connectivity index (χ2v) is 9.18. The summed E-state index contributed by atoms with van der Waals surface area (Å²) in [7, 11) is 0. The van der Waals surface area contributed by atoms with Gasteiger partial charge in [0.15, 0.2) is 0 Å². The summed E-state index contributed by atoms with van der Waals surface area (Å²) in [5.74, 6) is -0.636. The van der Waals surface area contributed by atoms with Crippen LogP contribution < -0.4 is 5.32 Å². The van der Waals surface area contributed by atoms with E-state index < -0.39 is 11.9 Å². The molecule has 0 saturated carbocycles. The van der Waals surface area contributed by atoms with Crippen molar-refractivity contribution in [3.05, 3.63) is 80.3 Å². The number of nitrogens with zero attached hydrogens (tertiary/aromatic N) is 1. The van der Waals surface area contributed by atoms with E-state index in [1.807, 2.05) is 29.6 Å². The minimum Gasteiger partial charge on any atom is -0.462 e. The molecule has 0 aliphatic carbocycles. The molecule has 0 aliphatic rings. The van der Waals surface area contributed by atoms with Crippen molar-refractivity contribution in [2.45, 2.75) is 13.8 Å². The van der Waals surface area contributed by atoms with E-state index in [0.717, 1.165) is 10.0 Å². The number of nitrogens with one attached hydrogen (secondary N) is 1. The molecule has 4 aromatic rings. The maximum Gasteiger partial charge on any atom is 0.341 e. The molecule has 1 N–H and O–H groups in total. The van der Waals surface area contributed by atoms with Crippen LogP contribution in [0.4, 0.5) is 5.00 Å². The first-order valence-corrected chi connectivity index (χ1v) is 12.0. The van der Waals surface area contributed by atoms with Crippen LogP contribution in [0.3, 0.4) is 0 Å². The first-order chi connectivity index (χ1) is 15.9. The van der Waals surface area contributed by atoms with Gasteiger partial charge in [0.05, 0.1) is 11.6 Å². The summed E-state index contributed by atoms with van der Waals surface area (Å²) in [5.41, 5.74) is 2.96. The Morgan fingerprint density at radius 3 is 2.55 bits per heavy atom. The van der Waals surface area contributed by atoms with Gasteiger partial charge in [-0.1, -0.05) is 63.0 Å². The molecular formula is C24H18BrClN2O4S. The Hall–Kier alpha value is -2.94. The van der Waals surface area contributed by atoms with Gasteiger partial charge in [0, 0.05) is 21.0 Å². The predicted molar refractivity (Wildman–Crippen MR) is 133 cm³/mol. The Labute approximate surface area is 207 Å². The van der Waals surface area contributed by atoms with Gasteiger partial charge in [-0.05, 0) is 37.6 Å². The smallest absolute Gasteiger partial charge is 0.341 e. The van der Waals surface area contributed by atoms with Crippen molar-refractivity contribution in [2.24, 2.45) is 0 Å². The number of rotatable bonds is 6. The normalized spacial score (nSPS) is 10.8. The number of thiophene rings is 1. The molecule has 0 atom stereocenters. The van der Waals surface area contributed by atoms with E-state index in [0.29, 0.717) is 38.2 Å². The first-order valence-electron chi connectivity index (χ1n) is 9.97. The van der Waals surface area contributed by atoms with E-state index in [2.05, 4.69) is 26.4 Å². The number of anilines is 1. The van der Waals surface area contributed by atoms with Gasteiger partial charge in [-0.15, -0.1) is 11.3 Å². The van der Waals surface area contributed by atoms with E-state index in [4.69, 9.17) is 20.9 Å². The van der Waals surface area contributed by atoms with Gasteiger partial charge in [-0.3, -0.25) is 4.79 Å². The monoisotopic (exact) mass is 544 g/mol. The number of ether oxygens (including phenoxy) is 1. The summed E-state index contributed by atoms with van der Waals surface area (Å²) in [5, 5.41) is 9.54. The van der Waals surface area contributed by atoms with Gasteiger partial charge < -0.3 is 14.6 Å². The zero-order valence-corrected chi connectivity index (χ0v) is 20.8. The van der Waals surface area contributed by atoms with Crippen LogP contribution in [0.2, 0.25) is 5.02 Å². The Morgan fingerprint density at radius 1 is 1.12 bits per heavy atom. The molecule has 2 aromatic heterocycles. The number of aromatic nitrogens is 1. The van der Waals surface area contributed by atoms with Gasteiger partial charge in [0.1, 0.15) is 27.6 Å². The van der Waals surface area contributed by atoms with E-state index in [1.54, 1.807) is 38.1 Å². The number of aryl methyl sites for hydroxylation is 1. The molecule has 0 fully saturated rings. The maximum absolute atomic E-state index is 13.3. The number of hydrogen-bond acceptors (Lipinski definition) is 6. The van der Waals surface area contributed by atoms with Crippen LogP contribution in [0.25, 0.3) is 22.4 Å². The summed E-state index contributed by atoms with van der Waals surface area (Å²) in [6, 6.07) is 14.6. The average molecular weight is 546 g/mol. The topological polar surface area (TPSA) is 81.4 Å². The molecule has 0 spiro atoms. The largest absolute Gasteiger partial charge is 0.462 e. The third-order valence-electron chi connectivity index (χ3n) is 4.87. The molecule has 2 heterocycles. The van der Waals surface area contributed by atoms with Gasteiger partial charge >= 0.3 is 5.97 Å². The quantitative estimate of drug-likeness (QED) is 0.259. The fourth-order valence-electron chi connectivity index (χ4n) is 3.34. The lowest BCUT2D eigenvalue weighted by atomic mass is 10.0. The predicted octanol–water partition coefficient (Wildman–Crippen LogP) is 7.22. The molecule has 168 valence electrons. The summed E-state index contributed by atoms with van der Waals surface area (Å²) in [6.45, 7) is 3.59. The third kappa shape index (κ3) is 4.73. The lowest BCUT2D eigenvalue weighted by Gasteiger charge is -2.09. The highest BCUT2D eigenvalue weighted by atomic mass is 79.9. The lowest BCUT2D eigenvalue weighted by Crippen LogP contribution is -2.16. The van der Waals surface area contributed by atoms with Crippen molar-refractivity contribution in [3.8, 4) is 22.4 Å². The number of halogens is 2. The zero-order valence-electron chi connectivity index (χ0n) is 17.6. The van der Waals surface area contributed by atoms with Crippen LogP contribution in [0.5, 0.6) is 0 Å². The fourth-order valence-corrected chi connectivity index (χ4v) is 4.78. The standard InChI is InChI=1S/C24H18BrClN2O4S/c1-3-31-24(30)20-17(14-8-10-15(25)11-9-14)12-33-23(20)27-22(29)19-13(2)32-28-21(19)16-6-4-5-7-18(16)26/h4-12H,3H2,1-2H3,(H,27,29). The average Bonchev–Trinajstić information content (AvgIpc) is 3.38. The van der Waals surface area contributed by atoms with Crippen molar-refractivity contribution in [1.29, 1.82) is 0 Å². The highest BCUT2D eigenvalue weighted by Gasteiger charge is 2.27. The highest BCUT2D eigenvalue weighted by Crippen LogP contribution is 2.38. The molecule has 1 amide bonds. The Kier molecular flexibility index (Phi) is 6.97. The zero-order chi connectivity index (χ0) is 23.5. The number of carbonyl (C=O) groups excluding carboxylic acids is 2. The lowest BCUT2D eigenvalue weighted by molar-refractivity contribution is 0.0529. The molecule has 2 aromatic carbocycles. The Morgan fingerprint density at radius 2 is 1.85 bits per heavy atom. The van der Waals surface area contributed by atoms with Crippen molar-refractivity contribution < 1.29 is 18.8 Å². The summed E-state index contributed by atoms with van der Waals surface area (Å²) >= 11 is 11.0. The molecule has 0 saturated heterocycles. The number of hydrogen-bond donors (Lipinski definition) is 1. The summed E-state index contributed by atoms with van der Waals surface area (Å²) in [4.78, 5) is 26.2. The minimum atomic E-state index is -0.514. The van der Waals surface area contributed by atoms with E-state index in [9.17, 15) is 9.59 Å². The molecule has 6 nitrogen and oxygen atoms in total. The molecule has 9 heteroatoms. The highest BCUT2D eigenvalue weighted by molar-refractivity contribution is 9.10. The fraction of sp³-hybridized carbons (Fsp3) is 0.125. The maximum atomic E-state index is 13.3. The van der Waals surface area contributed by atoms with Gasteiger partial charge in [0.2, 0.25) is 0 Å². The molecule has 33 heavy (non-hydrogen) atoms. The van der Waals surface area contributed by atoms with Gasteiger partial charge in [0.25, 0.3) is 5.91 Å². The van der Waals surface area contributed by atoms with Crippen molar-refractivity contribution in [2.75, 3.05) is 11.9 Å². The van der Waals surface area contributed by atoms with Crippen molar-refractivity contribution >= 4 is 55.7 Å². The Bertz CT molecular complexity index is 1330. The Balaban J connectivity index is 1.74. The minimum absolute atomic E-state index is 0.212. The SMILES string of the molecule is CCOC(=O)c1c(-c2ccc(Br)cc2)csc1NC(=O)c1c(-c2ccccc2Cl)noc1C. The molecule has 0 unspecified atom stereocenters. The van der Waals surface area contributed by atoms with Crippen LogP contribution in [-0.2, 0) is 4.74 Å². The van der Waals surface area contributed by atoms with Crippen LogP contribution in [0.1, 0.15) is 33.4 Å². The third-order valence-corrected chi connectivity index (χ3v) is 6.63. The number of esters is 1. The van der Waals surface area contributed by atoms with E-state index in [-0.39, 0.29) is 12.2 Å². The van der Waals surface area contributed by atoms with Crippen molar-refractivity contribution in [3.63, 3.8) is 0 Å². The number of carbonyl (C=O) groups is 2. The molecular weight excluding hydrogens is 528 g/mol. The van der Waals surface area contributed by atoms with Gasteiger partial charge in [-0.2, -0.15) is 0 Å². The van der Waals surface area contributed by atoms with Crippen LogP contribution in [-0.4, -0.2) is 23.6 Å². The number of benzene rings is 2. The molecule has 0 aliphatic heterocycles. The van der Waals surface area contributed by atoms with E-state index in [1.165, 1.54) is 11.3 Å². The van der Waals surface area contributed by atoms with E-state index >= 15 is 0 Å².